The number of aromatic nitrogens is 1. The van der Waals surface area contributed by atoms with E-state index in [-0.39, 0.29) is 0 Å². The molecule has 9 aromatic rings. The van der Waals surface area contributed by atoms with Crippen molar-refractivity contribution in [3.63, 3.8) is 0 Å². The summed E-state index contributed by atoms with van der Waals surface area (Å²) in [4.78, 5) is 5.44. The van der Waals surface area contributed by atoms with Gasteiger partial charge in [0, 0.05) is 16.3 Å². The van der Waals surface area contributed by atoms with Gasteiger partial charge in [-0.05, 0) is 96.3 Å². The molecule has 0 bridgehead atoms. The fourth-order valence-electron chi connectivity index (χ4n) is 8.47. The maximum Gasteiger partial charge on any atom is 0.0794 e. The first kappa shape index (κ1) is 31.9. The predicted molar refractivity (Wildman–Crippen MR) is 231 cm³/mol. The summed E-state index contributed by atoms with van der Waals surface area (Å²) in [7, 11) is 0. The SMILES string of the molecule is C=C(c1ccc(-c2ccc(-c3c4c(nc5c3ccc3ccccc35)-c3ccccc3C=CC4)cc2)cc1)c1ccc2ccccc2c1-c1ccccc1C. The van der Waals surface area contributed by atoms with Gasteiger partial charge in [0.25, 0.3) is 0 Å². The van der Waals surface area contributed by atoms with E-state index in [1.165, 1.54) is 82.6 Å². The molecule has 0 atom stereocenters. The average molecular weight is 688 g/mol. The summed E-state index contributed by atoms with van der Waals surface area (Å²) in [6, 6.07) is 61.5. The third-order valence-corrected chi connectivity index (χ3v) is 11.2. The van der Waals surface area contributed by atoms with Crippen LogP contribution in [0.15, 0.2) is 183 Å². The van der Waals surface area contributed by atoms with Crippen LogP contribution in [0.1, 0.15) is 27.8 Å². The van der Waals surface area contributed by atoms with E-state index in [4.69, 9.17) is 4.98 Å². The molecule has 254 valence electrons. The number of hydrogen-bond donors (Lipinski definition) is 0. The lowest BCUT2D eigenvalue weighted by Gasteiger charge is -2.18. The van der Waals surface area contributed by atoms with Gasteiger partial charge in [0.15, 0.2) is 0 Å². The summed E-state index contributed by atoms with van der Waals surface area (Å²) in [6.07, 6.45) is 5.36. The van der Waals surface area contributed by atoms with E-state index in [1.807, 2.05) is 0 Å². The molecule has 1 aliphatic rings. The van der Waals surface area contributed by atoms with Crippen LogP contribution in [0.3, 0.4) is 0 Å². The van der Waals surface area contributed by atoms with E-state index in [0.29, 0.717) is 0 Å². The number of aryl methyl sites for hydroxylation is 1. The standard InChI is InChI=1S/C53H37N/c1-34-12-3-7-17-43(34)51-44(32-30-40-14-4-8-18-45(40)51)35(2)36-22-24-37(25-23-36)38-26-28-42(29-27-38)50-48-21-11-16-39-13-5-9-19-46(39)52(48)54-53-47-20-10-6-15-41(47)31-33-49(50)53/h3-20,22-33H,2,21H2,1H3. The second-order valence-corrected chi connectivity index (χ2v) is 14.3. The summed E-state index contributed by atoms with van der Waals surface area (Å²) in [5.74, 6) is 0. The van der Waals surface area contributed by atoms with Crippen LogP contribution < -0.4 is 0 Å². The van der Waals surface area contributed by atoms with Crippen LogP contribution in [-0.4, -0.2) is 4.98 Å². The van der Waals surface area contributed by atoms with E-state index in [0.717, 1.165) is 34.3 Å². The molecule has 0 spiro atoms. The van der Waals surface area contributed by atoms with E-state index < -0.39 is 0 Å². The molecule has 1 aliphatic carbocycles. The minimum absolute atomic E-state index is 0.824. The molecule has 0 saturated heterocycles. The molecule has 1 heteroatoms. The molecule has 1 nitrogen and oxygen atoms in total. The third kappa shape index (κ3) is 5.28. The Morgan fingerprint density at radius 1 is 0.519 bits per heavy atom. The highest BCUT2D eigenvalue weighted by molar-refractivity contribution is 6.12. The maximum absolute atomic E-state index is 5.44. The summed E-state index contributed by atoms with van der Waals surface area (Å²) in [5.41, 5.74) is 17.7. The number of nitrogens with zero attached hydrogens (tertiary/aromatic N) is 1. The number of benzene rings is 8. The van der Waals surface area contributed by atoms with Gasteiger partial charge in [0.1, 0.15) is 0 Å². The molecule has 10 rings (SSSR count). The molecule has 1 aromatic heterocycles. The lowest BCUT2D eigenvalue weighted by Crippen LogP contribution is -1.99. The van der Waals surface area contributed by atoms with Gasteiger partial charge in [-0.2, -0.15) is 0 Å². The minimum Gasteiger partial charge on any atom is -0.247 e. The van der Waals surface area contributed by atoms with Crippen molar-refractivity contribution in [2.75, 3.05) is 0 Å². The van der Waals surface area contributed by atoms with Crippen LogP contribution >= 0.6 is 0 Å². The third-order valence-electron chi connectivity index (χ3n) is 11.2. The van der Waals surface area contributed by atoms with Gasteiger partial charge < -0.3 is 0 Å². The second kappa shape index (κ2) is 13.0. The molecule has 0 unspecified atom stereocenters. The van der Waals surface area contributed by atoms with Crippen molar-refractivity contribution in [2.45, 2.75) is 13.3 Å². The Labute approximate surface area is 316 Å². The Morgan fingerprint density at radius 3 is 1.91 bits per heavy atom. The highest BCUT2D eigenvalue weighted by Gasteiger charge is 2.22. The van der Waals surface area contributed by atoms with Crippen LogP contribution in [-0.2, 0) is 6.42 Å². The summed E-state index contributed by atoms with van der Waals surface area (Å²) >= 11 is 0. The van der Waals surface area contributed by atoms with Gasteiger partial charge in [-0.3, -0.25) is 0 Å². The fraction of sp³-hybridized carbons (Fsp3) is 0.0377. The van der Waals surface area contributed by atoms with Gasteiger partial charge in [0.2, 0.25) is 0 Å². The van der Waals surface area contributed by atoms with Gasteiger partial charge in [-0.25, -0.2) is 4.98 Å². The molecule has 0 amide bonds. The monoisotopic (exact) mass is 687 g/mol. The zero-order valence-corrected chi connectivity index (χ0v) is 30.2. The van der Waals surface area contributed by atoms with Gasteiger partial charge in [-0.15, -0.1) is 0 Å². The number of allylic oxidation sites excluding steroid dienone is 1. The normalized spacial score (nSPS) is 12.1. The zero-order valence-electron chi connectivity index (χ0n) is 30.2. The topological polar surface area (TPSA) is 12.9 Å². The molecule has 0 radical (unpaired) electrons. The molecule has 0 fully saturated rings. The number of pyridine rings is 1. The fourth-order valence-corrected chi connectivity index (χ4v) is 8.47. The Kier molecular flexibility index (Phi) is 7.66. The molecule has 54 heavy (non-hydrogen) atoms. The Morgan fingerprint density at radius 2 is 1.13 bits per heavy atom. The minimum atomic E-state index is 0.824. The highest BCUT2D eigenvalue weighted by atomic mass is 14.7. The summed E-state index contributed by atoms with van der Waals surface area (Å²) in [5, 5.41) is 6.05. The first-order chi connectivity index (χ1) is 26.6. The molecular weight excluding hydrogens is 651 g/mol. The van der Waals surface area contributed by atoms with Crippen molar-refractivity contribution in [2.24, 2.45) is 0 Å². The Bertz CT molecular complexity index is 2960. The first-order valence-electron chi connectivity index (χ1n) is 18.7. The quantitative estimate of drug-likeness (QED) is 0.164. The molecule has 8 aromatic carbocycles. The lowest BCUT2D eigenvalue weighted by molar-refractivity contribution is 1.25. The molecule has 0 aliphatic heterocycles. The molecule has 0 saturated carbocycles. The smallest absolute Gasteiger partial charge is 0.0794 e. The lowest BCUT2D eigenvalue weighted by atomic mass is 9.86. The summed E-state index contributed by atoms with van der Waals surface area (Å²) in [6.45, 7) is 6.84. The van der Waals surface area contributed by atoms with Crippen molar-refractivity contribution >= 4 is 44.1 Å². The number of fused-ring (bicyclic) bond motifs is 7. The van der Waals surface area contributed by atoms with Crippen molar-refractivity contribution < 1.29 is 0 Å². The summed E-state index contributed by atoms with van der Waals surface area (Å²) < 4.78 is 0. The first-order valence-corrected chi connectivity index (χ1v) is 18.7. The second-order valence-electron chi connectivity index (χ2n) is 14.3. The largest absolute Gasteiger partial charge is 0.247 e. The van der Waals surface area contributed by atoms with E-state index >= 15 is 0 Å². The molecule has 1 heterocycles. The van der Waals surface area contributed by atoms with Gasteiger partial charge >= 0.3 is 0 Å². The van der Waals surface area contributed by atoms with Crippen LogP contribution in [0.4, 0.5) is 0 Å². The molecule has 0 N–H and O–H groups in total. The number of hydrogen-bond acceptors (Lipinski definition) is 1. The Hall–Kier alpha value is -6.83. The van der Waals surface area contributed by atoms with E-state index in [9.17, 15) is 0 Å². The van der Waals surface area contributed by atoms with Crippen molar-refractivity contribution in [1.29, 1.82) is 0 Å². The van der Waals surface area contributed by atoms with Crippen LogP contribution in [0.2, 0.25) is 0 Å². The van der Waals surface area contributed by atoms with Crippen molar-refractivity contribution in [3.8, 4) is 44.6 Å². The van der Waals surface area contributed by atoms with Gasteiger partial charge in [-0.1, -0.05) is 189 Å². The zero-order chi connectivity index (χ0) is 36.2. The average Bonchev–Trinajstić information content (AvgIpc) is 3.42. The van der Waals surface area contributed by atoms with Crippen molar-refractivity contribution in [1.82, 2.24) is 4.98 Å². The van der Waals surface area contributed by atoms with Crippen LogP contribution in [0.25, 0.3) is 88.7 Å². The van der Waals surface area contributed by atoms with E-state index in [2.05, 4.69) is 196 Å². The maximum atomic E-state index is 5.44. The predicted octanol–water partition coefficient (Wildman–Crippen LogP) is 14.1. The van der Waals surface area contributed by atoms with Crippen LogP contribution in [0.5, 0.6) is 0 Å². The van der Waals surface area contributed by atoms with Crippen LogP contribution in [0, 0.1) is 6.92 Å². The van der Waals surface area contributed by atoms with E-state index in [1.54, 1.807) is 0 Å². The Balaban J connectivity index is 1.04. The van der Waals surface area contributed by atoms with Gasteiger partial charge in [0.05, 0.1) is 11.2 Å². The highest BCUT2D eigenvalue weighted by Crippen LogP contribution is 2.43. The number of rotatable bonds is 5. The molecular formula is C53H37N. The van der Waals surface area contributed by atoms with Crippen molar-refractivity contribution in [3.05, 3.63) is 210 Å².